The lowest BCUT2D eigenvalue weighted by Gasteiger charge is -2.38. The molecule has 0 unspecified atom stereocenters. The summed E-state index contributed by atoms with van der Waals surface area (Å²) in [5.74, 6) is -0.174. The van der Waals surface area contributed by atoms with Crippen LogP contribution in [0.5, 0.6) is 0 Å². The van der Waals surface area contributed by atoms with Crippen molar-refractivity contribution in [3.8, 4) is 0 Å². The molecule has 1 rings (SSSR count). The Hall–Kier alpha value is -0.830. The summed E-state index contributed by atoms with van der Waals surface area (Å²) in [5, 5.41) is 0.658. The number of carbonyl (C=O) groups is 2. The normalized spacial score (nSPS) is 30.2. The highest BCUT2D eigenvalue weighted by Gasteiger charge is 2.44. The topological polar surface area (TPSA) is 43.4 Å². The molecular weight excluding hydrogens is 240 g/mol. The van der Waals surface area contributed by atoms with E-state index < -0.39 is 5.41 Å². The number of hydrogen-bond donors (Lipinski definition) is 0. The van der Waals surface area contributed by atoms with Crippen LogP contribution >= 0.6 is 11.6 Å². The van der Waals surface area contributed by atoms with Crippen LogP contribution in [0.4, 0.5) is 0 Å². The second kappa shape index (κ2) is 5.67. The van der Waals surface area contributed by atoms with E-state index in [9.17, 15) is 9.59 Å². The Morgan fingerprint density at radius 1 is 1.59 bits per heavy atom. The van der Waals surface area contributed by atoms with Crippen molar-refractivity contribution in [3.05, 3.63) is 11.1 Å². The van der Waals surface area contributed by atoms with Crippen LogP contribution in [0.2, 0.25) is 0 Å². The fourth-order valence-corrected chi connectivity index (χ4v) is 2.30. The standard InChI is InChI=1S/C13H19ClO3/c1-9(14)7-8-13(3)11(16)5-4-6-12(13)17-10(2)15/h7,12H,4-6,8H2,1-3H3/b9-7+/t12-,13+/m1/s1. The first-order chi connectivity index (χ1) is 7.86. The highest BCUT2D eigenvalue weighted by molar-refractivity contribution is 6.29. The fourth-order valence-electron chi connectivity index (χ4n) is 2.22. The van der Waals surface area contributed by atoms with E-state index in [2.05, 4.69) is 0 Å². The predicted octanol–water partition coefficient (Wildman–Crippen LogP) is 3.21. The van der Waals surface area contributed by atoms with Gasteiger partial charge in [0.15, 0.2) is 0 Å². The maximum absolute atomic E-state index is 12.1. The molecule has 0 heterocycles. The minimum Gasteiger partial charge on any atom is -0.461 e. The van der Waals surface area contributed by atoms with E-state index in [-0.39, 0.29) is 17.9 Å². The summed E-state index contributed by atoms with van der Waals surface area (Å²) in [6, 6.07) is 0. The SMILES string of the molecule is CC(=O)O[C@@H]1CCCC(=O)[C@]1(C)C/C=C(\C)Cl. The van der Waals surface area contributed by atoms with Crippen molar-refractivity contribution in [2.75, 3.05) is 0 Å². The van der Waals surface area contributed by atoms with Gasteiger partial charge >= 0.3 is 5.97 Å². The van der Waals surface area contributed by atoms with Crippen LogP contribution in [0.25, 0.3) is 0 Å². The lowest BCUT2D eigenvalue weighted by atomic mass is 9.70. The van der Waals surface area contributed by atoms with Gasteiger partial charge in [-0.2, -0.15) is 0 Å². The first-order valence-corrected chi connectivity index (χ1v) is 6.27. The number of Topliss-reactive ketones (excluding diaryl/α,β-unsaturated/α-hetero) is 1. The number of carbonyl (C=O) groups excluding carboxylic acids is 2. The molecule has 96 valence electrons. The van der Waals surface area contributed by atoms with Gasteiger partial charge in [0.25, 0.3) is 0 Å². The van der Waals surface area contributed by atoms with E-state index in [1.165, 1.54) is 6.92 Å². The molecule has 1 aliphatic rings. The van der Waals surface area contributed by atoms with E-state index in [4.69, 9.17) is 16.3 Å². The smallest absolute Gasteiger partial charge is 0.302 e. The summed E-state index contributed by atoms with van der Waals surface area (Å²) >= 11 is 5.80. The van der Waals surface area contributed by atoms with Gasteiger partial charge in [0.1, 0.15) is 11.9 Å². The molecule has 3 nitrogen and oxygen atoms in total. The van der Waals surface area contributed by atoms with Crippen LogP contribution in [0.1, 0.15) is 46.5 Å². The summed E-state index contributed by atoms with van der Waals surface area (Å²) in [4.78, 5) is 23.1. The quantitative estimate of drug-likeness (QED) is 0.730. The van der Waals surface area contributed by atoms with Gasteiger partial charge < -0.3 is 4.74 Å². The molecule has 1 fully saturated rings. The average molecular weight is 259 g/mol. The lowest BCUT2D eigenvalue weighted by molar-refractivity contribution is -0.160. The number of ketones is 1. The lowest BCUT2D eigenvalue weighted by Crippen LogP contribution is -2.45. The van der Waals surface area contributed by atoms with Gasteiger partial charge in [-0.3, -0.25) is 9.59 Å². The third-order valence-corrected chi connectivity index (χ3v) is 3.49. The van der Waals surface area contributed by atoms with Gasteiger partial charge in [-0.25, -0.2) is 0 Å². The van der Waals surface area contributed by atoms with E-state index in [0.29, 0.717) is 17.9 Å². The minimum atomic E-state index is -0.625. The van der Waals surface area contributed by atoms with Crippen molar-refractivity contribution in [3.63, 3.8) is 0 Å². The Morgan fingerprint density at radius 3 is 2.76 bits per heavy atom. The van der Waals surface area contributed by atoms with Crippen LogP contribution in [0, 0.1) is 5.41 Å². The Morgan fingerprint density at radius 2 is 2.24 bits per heavy atom. The van der Waals surface area contributed by atoms with E-state index in [0.717, 1.165) is 12.8 Å². The van der Waals surface area contributed by atoms with Crippen LogP contribution < -0.4 is 0 Å². The van der Waals surface area contributed by atoms with Crippen molar-refractivity contribution in [1.82, 2.24) is 0 Å². The van der Waals surface area contributed by atoms with Crippen LogP contribution in [0.3, 0.4) is 0 Å². The van der Waals surface area contributed by atoms with Gasteiger partial charge in [-0.15, -0.1) is 0 Å². The maximum atomic E-state index is 12.1. The fraction of sp³-hybridized carbons (Fsp3) is 0.692. The van der Waals surface area contributed by atoms with E-state index in [1.807, 2.05) is 13.0 Å². The molecule has 0 aromatic heterocycles. The second-order valence-corrected chi connectivity index (χ2v) is 5.42. The van der Waals surface area contributed by atoms with Gasteiger partial charge in [-0.1, -0.05) is 17.7 Å². The summed E-state index contributed by atoms with van der Waals surface area (Å²) in [6.07, 6.45) is 4.12. The molecule has 2 atom stereocenters. The number of hydrogen-bond acceptors (Lipinski definition) is 3. The van der Waals surface area contributed by atoms with Gasteiger partial charge in [0.05, 0.1) is 5.41 Å². The van der Waals surface area contributed by atoms with Gasteiger partial charge in [-0.05, 0) is 33.1 Å². The Bertz CT molecular complexity index is 345. The molecule has 0 radical (unpaired) electrons. The molecule has 17 heavy (non-hydrogen) atoms. The molecule has 1 saturated carbocycles. The summed E-state index contributed by atoms with van der Waals surface area (Å²) < 4.78 is 5.28. The highest BCUT2D eigenvalue weighted by atomic mass is 35.5. The summed E-state index contributed by atoms with van der Waals surface area (Å²) in [6.45, 7) is 5.01. The van der Waals surface area contributed by atoms with E-state index in [1.54, 1.807) is 6.92 Å². The molecule has 0 saturated heterocycles. The Balaban J connectivity index is 2.88. The molecule has 0 amide bonds. The van der Waals surface area contributed by atoms with E-state index >= 15 is 0 Å². The zero-order chi connectivity index (χ0) is 13.1. The van der Waals surface area contributed by atoms with Crippen molar-refractivity contribution in [2.24, 2.45) is 5.41 Å². The zero-order valence-corrected chi connectivity index (χ0v) is 11.3. The Kier molecular flexibility index (Phi) is 4.75. The van der Waals surface area contributed by atoms with Crippen LogP contribution in [-0.2, 0) is 14.3 Å². The van der Waals surface area contributed by atoms with Crippen molar-refractivity contribution >= 4 is 23.4 Å². The molecule has 0 bridgehead atoms. The van der Waals surface area contributed by atoms with Crippen molar-refractivity contribution in [1.29, 1.82) is 0 Å². The first-order valence-electron chi connectivity index (χ1n) is 5.89. The predicted molar refractivity (Wildman–Crippen MR) is 66.7 cm³/mol. The number of allylic oxidation sites excluding steroid dienone is 2. The van der Waals surface area contributed by atoms with Crippen molar-refractivity contribution in [2.45, 2.75) is 52.6 Å². The molecule has 0 aliphatic heterocycles. The molecule has 0 N–H and O–H groups in total. The highest BCUT2D eigenvalue weighted by Crippen LogP contribution is 2.39. The second-order valence-electron chi connectivity index (χ2n) is 4.83. The number of esters is 1. The largest absolute Gasteiger partial charge is 0.461 e. The molecule has 4 heteroatoms. The zero-order valence-electron chi connectivity index (χ0n) is 10.6. The average Bonchev–Trinajstić information content (AvgIpc) is 2.22. The molecule has 0 aromatic rings. The maximum Gasteiger partial charge on any atom is 0.302 e. The number of ether oxygens (including phenoxy) is 1. The third kappa shape index (κ3) is 3.56. The van der Waals surface area contributed by atoms with Gasteiger partial charge in [0, 0.05) is 18.4 Å². The summed E-state index contributed by atoms with van der Waals surface area (Å²) in [5.41, 5.74) is -0.625. The minimum absolute atomic E-state index is 0.157. The monoisotopic (exact) mass is 258 g/mol. The number of halogens is 1. The molecule has 1 aliphatic carbocycles. The third-order valence-electron chi connectivity index (χ3n) is 3.33. The molecular formula is C13H19ClO3. The molecule has 0 aromatic carbocycles. The molecule has 0 spiro atoms. The Labute approximate surface area is 107 Å². The van der Waals surface area contributed by atoms with Crippen LogP contribution in [-0.4, -0.2) is 17.9 Å². The first kappa shape index (κ1) is 14.2. The van der Waals surface area contributed by atoms with Crippen molar-refractivity contribution < 1.29 is 14.3 Å². The van der Waals surface area contributed by atoms with Crippen LogP contribution in [0.15, 0.2) is 11.1 Å². The summed E-state index contributed by atoms with van der Waals surface area (Å²) in [7, 11) is 0. The number of rotatable bonds is 3. The van der Waals surface area contributed by atoms with Gasteiger partial charge in [0.2, 0.25) is 0 Å².